The van der Waals surface area contributed by atoms with Crippen LogP contribution in [0.3, 0.4) is 0 Å². The molecule has 0 radical (unpaired) electrons. The predicted molar refractivity (Wildman–Crippen MR) is 72.5 cm³/mol. The molecule has 1 saturated heterocycles. The molecule has 2 rings (SSSR count). The molecular formula is C14H23N3. The molecule has 0 atom stereocenters. The van der Waals surface area contributed by atoms with Crippen molar-refractivity contribution in [3.63, 3.8) is 0 Å². The fourth-order valence-corrected chi connectivity index (χ4v) is 2.13. The summed E-state index contributed by atoms with van der Waals surface area (Å²) in [6.07, 6.45) is 4.31. The Bertz CT molecular complexity index is 362. The summed E-state index contributed by atoms with van der Waals surface area (Å²) >= 11 is 0. The van der Waals surface area contributed by atoms with Crippen molar-refractivity contribution in [2.45, 2.75) is 45.1 Å². The maximum Gasteiger partial charge on any atom is 0.0477 e. The fourth-order valence-electron chi connectivity index (χ4n) is 2.13. The van der Waals surface area contributed by atoms with Crippen LogP contribution in [0.1, 0.15) is 39.3 Å². The highest BCUT2D eigenvalue weighted by Gasteiger charge is 2.17. The molecule has 0 aliphatic carbocycles. The molecule has 0 spiro atoms. The van der Waals surface area contributed by atoms with E-state index in [1.165, 1.54) is 18.5 Å². The smallest absolute Gasteiger partial charge is 0.0477 e. The molecule has 2 heterocycles. The number of hydrogen-bond donors (Lipinski definition) is 2. The van der Waals surface area contributed by atoms with Gasteiger partial charge in [0.15, 0.2) is 0 Å². The molecule has 1 aromatic heterocycles. The monoisotopic (exact) mass is 233 g/mol. The first-order chi connectivity index (χ1) is 8.05. The van der Waals surface area contributed by atoms with Gasteiger partial charge in [-0.15, -0.1) is 0 Å². The standard InChI is InChI=1S/C14H23N3/c1-14(2,3)13-10-12(6-9-16-13)17-11-4-7-15-8-5-11/h6,9-11,15H,4-5,7-8H2,1-3H3,(H,16,17). The molecular weight excluding hydrogens is 210 g/mol. The third-order valence-corrected chi connectivity index (χ3v) is 3.24. The van der Waals surface area contributed by atoms with Gasteiger partial charge in [-0.1, -0.05) is 20.8 Å². The number of rotatable bonds is 2. The Morgan fingerprint density at radius 2 is 2.00 bits per heavy atom. The van der Waals surface area contributed by atoms with Gasteiger partial charge >= 0.3 is 0 Å². The van der Waals surface area contributed by atoms with Gasteiger partial charge in [0, 0.05) is 29.0 Å². The molecule has 1 fully saturated rings. The second kappa shape index (κ2) is 5.05. The first kappa shape index (κ1) is 12.4. The zero-order chi connectivity index (χ0) is 12.3. The maximum atomic E-state index is 4.45. The van der Waals surface area contributed by atoms with Crippen LogP contribution in [0.5, 0.6) is 0 Å². The van der Waals surface area contributed by atoms with Crippen LogP contribution in [0.15, 0.2) is 18.3 Å². The summed E-state index contributed by atoms with van der Waals surface area (Å²) in [5.41, 5.74) is 2.47. The maximum absolute atomic E-state index is 4.45. The minimum absolute atomic E-state index is 0.117. The zero-order valence-electron chi connectivity index (χ0n) is 11.1. The van der Waals surface area contributed by atoms with Crippen molar-refractivity contribution in [2.75, 3.05) is 18.4 Å². The van der Waals surface area contributed by atoms with E-state index in [0.29, 0.717) is 6.04 Å². The fraction of sp³-hybridized carbons (Fsp3) is 0.643. The number of hydrogen-bond acceptors (Lipinski definition) is 3. The van der Waals surface area contributed by atoms with Gasteiger partial charge in [0.25, 0.3) is 0 Å². The van der Waals surface area contributed by atoms with E-state index >= 15 is 0 Å². The van der Waals surface area contributed by atoms with Crippen molar-refractivity contribution in [3.05, 3.63) is 24.0 Å². The highest BCUT2D eigenvalue weighted by atomic mass is 15.0. The lowest BCUT2D eigenvalue weighted by Gasteiger charge is -2.25. The molecule has 0 amide bonds. The molecule has 1 aliphatic rings. The van der Waals surface area contributed by atoms with Crippen LogP contribution in [-0.2, 0) is 5.41 Å². The summed E-state index contributed by atoms with van der Waals surface area (Å²) in [4.78, 5) is 4.45. The third kappa shape index (κ3) is 3.43. The van der Waals surface area contributed by atoms with Crippen LogP contribution in [0.4, 0.5) is 5.69 Å². The van der Waals surface area contributed by atoms with Crippen LogP contribution >= 0.6 is 0 Å². The van der Waals surface area contributed by atoms with E-state index in [1.807, 2.05) is 6.20 Å². The van der Waals surface area contributed by atoms with Crippen molar-refractivity contribution in [2.24, 2.45) is 0 Å². The van der Waals surface area contributed by atoms with Gasteiger partial charge in [-0.3, -0.25) is 4.98 Å². The van der Waals surface area contributed by atoms with Gasteiger partial charge in [-0.2, -0.15) is 0 Å². The summed E-state index contributed by atoms with van der Waals surface area (Å²) in [5, 5.41) is 7.00. The second-order valence-corrected chi connectivity index (χ2v) is 5.85. The van der Waals surface area contributed by atoms with Gasteiger partial charge in [-0.05, 0) is 38.1 Å². The summed E-state index contributed by atoms with van der Waals surface area (Å²) in [5.74, 6) is 0. The molecule has 94 valence electrons. The SMILES string of the molecule is CC(C)(C)c1cc(NC2CCNCC2)ccn1. The lowest BCUT2D eigenvalue weighted by atomic mass is 9.91. The van der Waals surface area contributed by atoms with Crippen LogP contribution in [0.2, 0.25) is 0 Å². The molecule has 3 nitrogen and oxygen atoms in total. The first-order valence-electron chi connectivity index (χ1n) is 6.49. The van der Waals surface area contributed by atoms with Crippen LogP contribution in [0.25, 0.3) is 0 Å². The Balaban J connectivity index is 2.05. The van der Waals surface area contributed by atoms with Crippen molar-refractivity contribution >= 4 is 5.69 Å². The summed E-state index contributed by atoms with van der Waals surface area (Å²) in [7, 11) is 0. The molecule has 17 heavy (non-hydrogen) atoms. The normalized spacial score (nSPS) is 18.1. The van der Waals surface area contributed by atoms with E-state index in [0.717, 1.165) is 18.8 Å². The van der Waals surface area contributed by atoms with E-state index in [-0.39, 0.29) is 5.41 Å². The van der Waals surface area contributed by atoms with E-state index in [2.05, 4.69) is 48.5 Å². The highest BCUT2D eigenvalue weighted by Crippen LogP contribution is 2.23. The summed E-state index contributed by atoms with van der Waals surface area (Å²) in [6.45, 7) is 8.83. The van der Waals surface area contributed by atoms with Crippen LogP contribution in [-0.4, -0.2) is 24.1 Å². The molecule has 2 N–H and O–H groups in total. The largest absolute Gasteiger partial charge is 0.382 e. The minimum atomic E-state index is 0.117. The zero-order valence-corrected chi connectivity index (χ0v) is 11.1. The second-order valence-electron chi connectivity index (χ2n) is 5.85. The van der Waals surface area contributed by atoms with Crippen molar-refractivity contribution in [1.29, 1.82) is 0 Å². The topological polar surface area (TPSA) is 37.0 Å². The van der Waals surface area contributed by atoms with Crippen LogP contribution < -0.4 is 10.6 Å². The van der Waals surface area contributed by atoms with Gasteiger partial charge in [-0.25, -0.2) is 0 Å². The molecule has 1 aliphatic heterocycles. The minimum Gasteiger partial charge on any atom is -0.382 e. The molecule has 1 aromatic rings. The Morgan fingerprint density at radius 3 is 2.65 bits per heavy atom. The van der Waals surface area contributed by atoms with Crippen molar-refractivity contribution < 1.29 is 0 Å². The Kier molecular flexibility index (Phi) is 3.67. The van der Waals surface area contributed by atoms with Gasteiger partial charge in [0.2, 0.25) is 0 Å². The number of anilines is 1. The molecule has 0 unspecified atom stereocenters. The first-order valence-corrected chi connectivity index (χ1v) is 6.49. The van der Waals surface area contributed by atoms with Gasteiger partial charge in [0.1, 0.15) is 0 Å². The average molecular weight is 233 g/mol. The van der Waals surface area contributed by atoms with Gasteiger partial charge in [0.05, 0.1) is 0 Å². The van der Waals surface area contributed by atoms with Crippen molar-refractivity contribution in [3.8, 4) is 0 Å². The highest BCUT2D eigenvalue weighted by molar-refractivity contribution is 5.45. The lowest BCUT2D eigenvalue weighted by molar-refractivity contribution is 0.479. The number of nitrogens with zero attached hydrogens (tertiary/aromatic N) is 1. The van der Waals surface area contributed by atoms with E-state index in [9.17, 15) is 0 Å². The van der Waals surface area contributed by atoms with E-state index in [1.54, 1.807) is 0 Å². The number of nitrogens with one attached hydrogen (secondary N) is 2. The Morgan fingerprint density at radius 1 is 1.29 bits per heavy atom. The molecule has 0 bridgehead atoms. The Labute approximate surface area is 104 Å². The number of pyridine rings is 1. The molecule has 0 saturated carbocycles. The van der Waals surface area contributed by atoms with Gasteiger partial charge < -0.3 is 10.6 Å². The van der Waals surface area contributed by atoms with E-state index < -0.39 is 0 Å². The number of aromatic nitrogens is 1. The van der Waals surface area contributed by atoms with Crippen molar-refractivity contribution in [1.82, 2.24) is 10.3 Å². The lowest BCUT2D eigenvalue weighted by Crippen LogP contribution is -2.35. The summed E-state index contributed by atoms with van der Waals surface area (Å²) < 4.78 is 0. The Hall–Kier alpha value is -1.09. The molecule has 0 aromatic carbocycles. The number of piperidine rings is 1. The molecule has 3 heteroatoms. The van der Waals surface area contributed by atoms with E-state index in [4.69, 9.17) is 0 Å². The van der Waals surface area contributed by atoms with Crippen LogP contribution in [0, 0.1) is 0 Å². The quantitative estimate of drug-likeness (QED) is 0.824. The summed E-state index contributed by atoms with van der Waals surface area (Å²) in [6, 6.07) is 4.85. The third-order valence-electron chi connectivity index (χ3n) is 3.24. The average Bonchev–Trinajstić information content (AvgIpc) is 2.29. The predicted octanol–water partition coefficient (Wildman–Crippen LogP) is 2.54.